The summed E-state index contributed by atoms with van der Waals surface area (Å²) in [6, 6.07) is 0. The SMILES string of the molecule is CC(=O)[C@H]1[C@H](C)C[C@H]2[C@@H]3CCC4=CC(=O)C=C[C@]4(C)[C@H]3[C@@H](O)C[C@@]21C. The van der Waals surface area contributed by atoms with Crippen LogP contribution in [-0.2, 0) is 9.59 Å². The van der Waals surface area contributed by atoms with Crippen LogP contribution < -0.4 is 0 Å². The van der Waals surface area contributed by atoms with Crippen LogP contribution in [0.4, 0.5) is 0 Å². The topological polar surface area (TPSA) is 54.4 Å². The molecule has 4 aliphatic carbocycles. The van der Waals surface area contributed by atoms with Gasteiger partial charge in [-0.15, -0.1) is 0 Å². The number of hydrogen-bond acceptors (Lipinski definition) is 3. The van der Waals surface area contributed by atoms with Crippen LogP contribution in [0.5, 0.6) is 0 Å². The predicted molar refractivity (Wildman–Crippen MR) is 96.7 cm³/mol. The van der Waals surface area contributed by atoms with Crippen molar-refractivity contribution in [1.82, 2.24) is 0 Å². The van der Waals surface area contributed by atoms with Crippen LogP contribution in [0.1, 0.15) is 53.4 Å². The maximum Gasteiger partial charge on any atom is 0.178 e. The van der Waals surface area contributed by atoms with Crippen LogP contribution in [0.15, 0.2) is 23.8 Å². The molecule has 0 aromatic rings. The van der Waals surface area contributed by atoms with Gasteiger partial charge in [0.05, 0.1) is 6.10 Å². The van der Waals surface area contributed by atoms with E-state index in [1.807, 2.05) is 6.08 Å². The molecule has 0 aromatic carbocycles. The Bertz CT molecular complexity index is 689. The minimum atomic E-state index is -0.412. The van der Waals surface area contributed by atoms with E-state index < -0.39 is 6.10 Å². The van der Waals surface area contributed by atoms with Crippen LogP contribution in [0.25, 0.3) is 0 Å². The van der Waals surface area contributed by atoms with Crippen LogP contribution in [0, 0.1) is 40.4 Å². The molecule has 0 saturated heterocycles. The number of hydrogen-bond donors (Lipinski definition) is 1. The van der Waals surface area contributed by atoms with Crippen molar-refractivity contribution in [2.24, 2.45) is 40.4 Å². The van der Waals surface area contributed by atoms with Gasteiger partial charge in [-0.2, -0.15) is 0 Å². The molecule has 0 aromatic heterocycles. The number of ketones is 2. The summed E-state index contributed by atoms with van der Waals surface area (Å²) in [4.78, 5) is 24.2. The molecule has 3 fully saturated rings. The number of Topliss-reactive ketones (excluding diaryl/α,β-unsaturated/α-hetero) is 1. The summed E-state index contributed by atoms with van der Waals surface area (Å²) in [5, 5.41) is 11.2. The highest BCUT2D eigenvalue weighted by molar-refractivity contribution is 6.01. The molecule has 0 heterocycles. The summed E-state index contributed by atoms with van der Waals surface area (Å²) in [6.45, 7) is 8.39. The fraction of sp³-hybridized carbons (Fsp3) is 0.727. The smallest absolute Gasteiger partial charge is 0.178 e. The molecular weight excluding hydrogens is 312 g/mol. The van der Waals surface area contributed by atoms with Crippen molar-refractivity contribution >= 4 is 11.6 Å². The number of carbonyl (C=O) groups is 2. The Morgan fingerprint density at radius 1 is 1.32 bits per heavy atom. The number of fused-ring (bicyclic) bond motifs is 5. The van der Waals surface area contributed by atoms with Crippen LogP contribution >= 0.6 is 0 Å². The number of carbonyl (C=O) groups excluding carboxylic acids is 2. The van der Waals surface area contributed by atoms with E-state index in [0.29, 0.717) is 24.2 Å². The first-order valence-electron chi connectivity index (χ1n) is 9.81. The highest BCUT2D eigenvalue weighted by Gasteiger charge is 2.63. The third-order valence-corrected chi connectivity index (χ3v) is 8.27. The van der Waals surface area contributed by atoms with Crippen molar-refractivity contribution in [3.63, 3.8) is 0 Å². The first kappa shape index (κ1) is 17.2. The summed E-state index contributed by atoms with van der Waals surface area (Å²) < 4.78 is 0. The first-order chi connectivity index (χ1) is 11.7. The lowest BCUT2D eigenvalue weighted by atomic mass is 9.46. The van der Waals surface area contributed by atoms with Crippen molar-refractivity contribution in [3.8, 4) is 0 Å². The lowest BCUT2D eigenvalue weighted by Crippen LogP contribution is -2.56. The van der Waals surface area contributed by atoms with Crippen LogP contribution in [0.3, 0.4) is 0 Å². The highest BCUT2D eigenvalue weighted by Crippen LogP contribution is 2.67. The van der Waals surface area contributed by atoms with Gasteiger partial charge in [0.25, 0.3) is 0 Å². The fourth-order valence-electron chi connectivity index (χ4n) is 7.56. The first-order valence-corrected chi connectivity index (χ1v) is 9.81. The van der Waals surface area contributed by atoms with Gasteiger partial charge in [0.2, 0.25) is 0 Å². The molecule has 0 amide bonds. The van der Waals surface area contributed by atoms with E-state index in [1.165, 1.54) is 5.57 Å². The standard InChI is InChI=1S/C22H30O3/c1-12-9-17-16-6-5-14-10-15(24)7-8-21(14,3)20(16)18(25)11-22(17,4)19(12)13(2)23/h7-8,10,12,16-20,25H,5-6,9,11H2,1-4H3/t12-,16+,17+,18+,19-,20-,21+,22+/m1/s1. The molecule has 3 nitrogen and oxygen atoms in total. The van der Waals surface area contributed by atoms with E-state index in [1.54, 1.807) is 19.1 Å². The second kappa shape index (κ2) is 5.39. The molecule has 0 radical (unpaired) electrons. The molecule has 1 N–H and O–H groups in total. The Hall–Kier alpha value is -1.22. The number of aliphatic hydroxyl groups is 1. The van der Waals surface area contributed by atoms with Crippen LogP contribution in [-0.4, -0.2) is 22.8 Å². The third-order valence-electron chi connectivity index (χ3n) is 8.27. The second-order valence-electron chi connectivity index (χ2n) is 9.60. The van der Waals surface area contributed by atoms with Gasteiger partial charge in [-0.25, -0.2) is 0 Å². The molecular formula is C22H30O3. The second-order valence-corrected chi connectivity index (χ2v) is 9.60. The average molecular weight is 342 g/mol. The Kier molecular flexibility index (Phi) is 3.71. The van der Waals surface area contributed by atoms with Gasteiger partial charge in [-0.05, 0) is 67.9 Å². The predicted octanol–water partition coefficient (Wildman–Crippen LogP) is 3.72. The summed E-state index contributed by atoms with van der Waals surface area (Å²) in [5.74, 6) is 1.91. The zero-order valence-corrected chi connectivity index (χ0v) is 15.8. The van der Waals surface area contributed by atoms with Crippen molar-refractivity contribution in [1.29, 1.82) is 0 Å². The molecule has 0 aliphatic heterocycles. The Balaban J connectivity index is 1.76. The number of rotatable bonds is 1. The molecule has 3 saturated carbocycles. The largest absolute Gasteiger partial charge is 0.393 e. The molecule has 4 aliphatic rings. The van der Waals surface area contributed by atoms with E-state index in [4.69, 9.17) is 0 Å². The van der Waals surface area contributed by atoms with Gasteiger partial charge >= 0.3 is 0 Å². The molecule has 3 heteroatoms. The average Bonchev–Trinajstić information content (AvgIpc) is 2.77. The van der Waals surface area contributed by atoms with E-state index in [0.717, 1.165) is 19.3 Å². The Morgan fingerprint density at radius 2 is 2.04 bits per heavy atom. The molecule has 0 spiro atoms. The minimum Gasteiger partial charge on any atom is -0.393 e. The lowest BCUT2D eigenvalue weighted by Gasteiger charge is -2.58. The minimum absolute atomic E-state index is 0.0707. The molecule has 0 bridgehead atoms. The lowest BCUT2D eigenvalue weighted by molar-refractivity contribution is -0.138. The summed E-state index contributed by atoms with van der Waals surface area (Å²) >= 11 is 0. The number of allylic oxidation sites excluding steroid dienone is 4. The Labute approximate surface area is 150 Å². The maximum absolute atomic E-state index is 12.4. The molecule has 25 heavy (non-hydrogen) atoms. The molecule has 4 rings (SSSR count). The third kappa shape index (κ3) is 2.21. The van der Waals surface area contributed by atoms with Crippen LogP contribution in [0.2, 0.25) is 0 Å². The summed E-state index contributed by atoms with van der Waals surface area (Å²) in [7, 11) is 0. The summed E-state index contributed by atoms with van der Waals surface area (Å²) in [6.07, 6.45) is 8.88. The molecule has 136 valence electrons. The van der Waals surface area contributed by atoms with Gasteiger partial charge in [-0.3, -0.25) is 9.59 Å². The summed E-state index contributed by atoms with van der Waals surface area (Å²) in [5.41, 5.74) is 0.894. The van der Waals surface area contributed by atoms with E-state index in [9.17, 15) is 14.7 Å². The van der Waals surface area contributed by atoms with Gasteiger partial charge in [-0.1, -0.05) is 32.4 Å². The molecule has 0 unspecified atom stereocenters. The normalized spacial score (nSPS) is 51.4. The number of aliphatic hydroxyl groups excluding tert-OH is 1. The van der Waals surface area contributed by atoms with Gasteiger partial charge in [0, 0.05) is 17.3 Å². The maximum atomic E-state index is 12.4. The van der Waals surface area contributed by atoms with E-state index in [-0.39, 0.29) is 34.2 Å². The highest BCUT2D eigenvalue weighted by atomic mass is 16.3. The van der Waals surface area contributed by atoms with Crippen molar-refractivity contribution in [3.05, 3.63) is 23.8 Å². The van der Waals surface area contributed by atoms with Crippen molar-refractivity contribution in [2.75, 3.05) is 0 Å². The Morgan fingerprint density at radius 3 is 2.72 bits per heavy atom. The van der Waals surface area contributed by atoms with E-state index >= 15 is 0 Å². The fourth-order valence-corrected chi connectivity index (χ4v) is 7.56. The quantitative estimate of drug-likeness (QED) is 0.790. The van der Waals surface area contributed by atoms with Gasteiger partial charge in [0.15, 0.2) is 5.78 Å². The van der Waals surface area contributed by atoms with E-state index in [2.05, 4.69) is 20.8 Å². The molecule has 8 atom stereocenters. The van der Waals surface area contributed by atoms with Crippen molar-refractivity contribution < 1.29 is 14.7 Å². The van der Waals surface area contributed by atoms with Gasteiger partial charge < -0.3 is 5.11 Å². The monoisotopic (exact) mass is 342 g/mol. The zero-order valence-electron chi connectivity index (χ0n) is 15.8. The zero-order chi connectivity index (χ0) is 18.1. The van der Waals surface area contributed by atoms with Gasteiger partial charge in [0.1, 0.15) is 5.78 Å². The van der Waals surface area contributed by atoms with Crippen molar-refractivity contribution in [2.45, 2.75) is 59.5 Å².